The molecule has 0 heterocycles. The van der Waals surface area contributed by atoms with Gasteiger partial charge in [0.15, 0.2) is 11.6 Å². The maximum absolute atomic E-state index is 14.0. The number of carbonyl (C=O) groups excluding carboxylic acids is 1. The molecule has 0 saturated heterocycles. The minimum Gasteiger partial charge on any atom is -0.494 e. The fourth-order valence-corrected chi connectivity index (χ4v) is 3.92. The van der Waals surface area contributed by atoms with E-state index in [4.69, 9.17) is 32.7 Å². The fraction of sp³-hybridized carbons (Fsp3) is 0.235. The molecule has 0 saturated carbocycles. The summed E-state index contributed by atoms with van der Waals surface area (Å²) >= 11 is 11.8. The molecule has 6 nitrogen and oxygen atoms in total. The second-order valence-electron chi connectivity index (χ2n) is 5.21. The Bertz CT molecular complexity index is 952. The van der Waals surface area contributed by atoms with Crippen LogP contribution < -0.4 is 9.04 Å². The van der Waals surface area contributed by atoms with E-state index in [2.05, 4.69) is 0 Å². The van der Waals surface area contributed by atoms with Gasteiger partial charge in [0.2, 0.25) is 0 Å². The first-order valence-electron chi connectivity index (χ1n) is 7.67. The van der Waals surface area contributed by atoms with E-state index in [-0.39, 0.29) is 33.0 Å². The Morgan fingerprint density at radius 3 is 2.41 bits per heavy atom. The normalized spacial score (nSPS) is 11.1. The van der Waals surface area contributed by atoms with Crippen molar-refractivity contribution < 1.29 is 27.1 Å². The number of nitrogens with zero attached hydrogens (tertiary/aromatic N) is 1. The number of sulfonamides is 1. The van der Waals surface area contributed by atoms with Crippen LogP contribution in [0.4, 0.5) is 10.1 Å². The second kappa shape index (κ2) is 8.77. The summed E-state index contributed by atoms with van der Waals surface area (Å²) in [6, 6.07) is 7.23. The summed E-state index contributed by atoms with van der Waals surface area (Å²) in [5.74, 6) is -1.75. The number of esters is 1. The van der Waals surface area contributed by atoms with Gasteiger partial charge in [-0.15, -0.1) is 0 Å². The molecule has 0 atom stereocenters. The van der Waals surface area contributed by atoms with Crippen LogP contribution in [0.3, 0.4) is 0 Å². The number of anilines is 1. The highest BCUT2D eigenvalue weighted by Crippen LogP contribution is 2.31. The van der Waals surface area contributed by atoms with Gasteiger partial charge in [-0.1, -0.05) is 23.2 Å². The summed E-state index contributed by atoms with van der Waals surface area (Å²) < 4.78 is 50.5. The highest BCUT2D eigenvalue weighted by Gasteiger charge is 2.29. The zero-order valence-corrected chi connectivity index (χ0v) is 16.7. The molecule has 2 aromatic rings. The number of hydrogen-bond donors (Lipinski definition) is 0. The van der Waals surface area contributed by atoms with Gasteiger partial charge in [0, 0.05) is 0 Å². The van der Waals surface area contributed by atoms with Crippen molar-refractivity contribution >= 4 is 44.9 Å². The average Bonchev–Trinajstić information content (AvgIpc) is 2.62. The zero-order chi connectivity index (χ0) is 20.2. The van der Waals surface area contributed by atoms with Gasteiger partial charge in [-0.05, 0) is 43.3 Å². The second-order valence-corrected chi connectivity index (χ2v) is 7.89. The van der Waals surface area contributed by atoms with Crippen LogP contribution in [0.25, 0.3) is 0 Å². The van der Waals surface area contributed by atoms with E-state index >= 15 is 0 Å². The van der Waals surface area contributed by atoms with E-state index < -0.39 is 28.4 Å². The summed E-state index contributed by atoms with van der Waals surface area (Å²) in [4.78, 5) is 11.6. The quantitative estimate of drug-likeness (QED) is 0.616. The Labute approximate surface area is 166 Å². The van der Waals surface area contributed by atoms with E-state index in [0.29, 0.717) is 0 Å². The van der Waals surface area contributed by atoms with Gasteiger partial charge < -0.3 is 9.47 Å². The molecule has 0 aliphatic rings. The summed E-state index contributed by atoms with van der Waals surface area (Å²) in [5.41, 5.74) is 0.0775. The van der Waals surface area contributed by atoms with Crippen LogP contribution in [0.15, 0.2) is 41.3 Å². The zero-order valence-electron chi connectivity index (χ0n) is 14.4. The van der Waals surface area contributed by atoms with E-state index in [1.807, 2.05) is 0 Å². The van der Waals surface area contributed by atoms with Crippen LogP contribution in [0.1, 0.15) is 6.92 Å². The molecular weight excluding hydrogens is 420 g/mol. The molecule has 0 spiro atoms. The third kappa shape index (κ3) is 4.82. The minimum atomic E-state index is -4.31. The molecule has 10 heteroatoms. The number of methoxy groups -OCH3 is 1. The smallest absolute Gasteiger partial charge is 0.326 e. The maximum Gasteiger partial charge on any atom is 0.326 e. The lowest BCUT2D eigenvalue weighted by molar-refractivity contribution is -0.141. The van der Waals surface area contributed by atoms with Crippen LogP contribution in [0.2, 0.25) is 10.0 Å². The molecule has 0 aliphatic heterocycles. The minimum absolute atomic E-state index is 0.0747. The maximum atomic E-state index is 14.0. The molecule has 146 valence electrons. The molecule has 0 fully saturated rings. The standard InChI is InChI=1S/C17H16Cl2FNO5S/c1-3-26-17(22)10-21(11-4-6-13(18)14(19)8-11)27(23,24)12-5-7-16(25-2)15(20)9-12/h4-9H,3,10H2,1-2H3. The molecule has 0 radical (unpaired) electrons. The van der Waals surface area contributed by atoms with Crippen molar-refractivity contribution in [3.8, 4) is 5.75 Å². The van der Waals surface area contributed by atoms with E-state index in [0.717, 1.165) is 10.4 Å². The lowest BCUT2D eigenvalue weighted by Gasteiger charge is -2.24. The number of benzene rings is 2. The van der Waals surface area contributed by atoms with Gasteiger partial charge >= 0.3 is 5.97 Å². The SMILES string of the molecule is CCOC(=O)CN(c1ccc(Cl)c(Cl)c1)S(=O)(=O)c1ccc(OC)c(F)c1. The van der Waals surface area contributed by atoms with Crippen molar-refractivity contribution in [3.05, 3.63) is 52.3 Å². The molecule has 27 heavy (non-hydrogen) atoms. The molecule has 0 unspecified atom stereocenters. The Kier molecular flexibility index (Phi) is 6.91. The van der Waals surface area contributed by atoms with Crippen LogP contribution >= 0.6 is 23.2 Å². The van der Waals surface area contributed by atoms with Crippen LogP contribution in [0, 0.1) is 5.82 Å². The molecule has 0 amide bonds. The summed E-state index contributed by atoms with van der Waals surface area (Å²) in [7, 11) is -3.05. The van der Waals surface area contributed by atoms with Crippen molar-refractivity contribution in [2.75, 3.05) is 24.6 Å². The van der Waals surface area contributed by atoms with Crippen LogP contribution in [-0.4, -0.2) is 34.6 Å². The van der Waals surface area contributed by atoms with Crippen molar-refractivity contribution in [3.63, 3.8) is 0 Å². The largest absolute Gasteiger partial charge is 0.494 e. The van der Waals surface area contributed by atoms with Gasteiger partial charge in [0.05, 0.1) is 34.3 Å². The first kappa shape index (κ1) is 21.3. The Morgan fingerprint density at radius 1 is 1.15 bits per heavy atom. The highest BCUT2D eigenvalue weighted by atomic mass is 35.5. The fourth-order valence-electron chi connectivity index (χ4n) is 2.21. The number of halogens is 3. The number of carbonyl (C=O) groups is 1. The van der Waals surface area contributed by atoms with Gasteiger partial charge in [-0.3, -0.25) is 9.10 Å². The third-order valence-corrected chi connectivity index (χ3v) is 5.99. The van der Waals surface area contributed by atoms with Crippen molar-refractivity contribution in [2.45, 2.75) is 11.8 Å². The molecule has 0 bridgehead atoms. The molecule has 2 aromatic carbocycles. The summed E-state index contributed by atoms with van der Waals surface area (Å²) in [6.45, 7) is 1.04. The van der Waals surface area contributed by atoms with Crippen molar-refractivity contribution in [2.24, 2.45) is 0 Å². The van der Waals surface area contributed by atoms with E-state index in [1.165, 1.54) is 37.4 Å². The van der Waals surface area contributed by atoms with E-state index in [9.17, 15) is 17.6 Å². The molecule has 2 rings (SSSR count). The number of hydrogen-bond acceptors (Lipinski definition) is 5. The van der Waals surface area contributed by atoms with Crippen molar-refractivity contribution in [1.29, 1.82) is 0 Å². The van der Waals surface area contributed by atoms with Crippen LogP contribution in [0.5, 0.6) is 5.75 Å². The molecule has 0 aromatic heterocycles. The van der Waals surface area contributed by atoms with E-state index in [1.54, 1.807) is 6.92 Å². The Balaban J connectivity index is 2.55. The number of ether oxygens (including phenoxy) is 2. The number of rotatable bonds is 7. The Hall–Kier alpha value is -2.03. The monoisotopic (exact) mass is 435 g/mol. The topological polar surface area (TPSA) is 72.9 Å². The predicted octanol–water partition coefficient (Wildman–Crippen LogP) is 3.90. The van der Waals surface area contributed by atoms with Crippen molar-refractivity contribution in [1.82, 2.24) is 0 Å². The lowest BCUT2D eigenvalue weighted by Crippen LogP contribution is -2.36. The third-order valence-electron chi connectivity index (χ3n) is 3.48. The summed E-state index contributed by atoms with van der Waals surface area (Å²) in [6.07, 6.45) is 0. The highest BCUT2D eigenvalue weighted by molar-refractivity contribution is 7.92. The van der Waals surface area contributed by atoms with Gasteiger partial charge in [0.1, 0.15) is 6.54 Å². The van der Waals surface area contributed by atoms with Crippen LogP contribution in [-0.2, 0) is 19.6 Å². The van der Waals surface area contributed by atoms with Gasteiger partial charge in [-0.2, -0.15) is 0 Å². The first-order chi connectivity index (χ1) is 12.7. The molecule has 0 N–H and O–H groups in total. The molecular formula is C17H16Cl2FNO5S. The summed E-state index contributed by atoms with van der Waals surface area (Å²) in [5, 5.41) is 0.309. The lowest BCUT2D eigenvalue weighted by atomic mass is 10.3. The molecule has 0 aliphatic carbocycles. The average molecular weight is 436 g/mol. The van der Waals surface area contributed by atoms with Gasteiger partial charge in [-0.25, -0.2) is 12.8 Å². The Morgan fingerprint density at radius 2 is 1.85 bits per heavy atom. The first-order valence-corrected chi connectivity index (χ1v) is 9.87. The predicted molar refractivity (Wildman–Crippen MR) is 101 cm³/mol. The van der Waals surface area contributed by atoms with Gasteiger partial charge in [0.25, 0.3) is 10.0 Å².